The number of amides is 2. The van der Waals surface area contributed by atoms with Crippen LogP contribution >= 0.6 is 0 Å². The van der Waals surface area contributed by atoms with Gasteiger partial charge >= 0.3 is 6.03 Å². The summed E-state index contributed by atoms with van der Waals surface area (Å²) in [6, 6.07) is 5.96. The molecule has 2 heterocycles. The summed E-state index contributed by atoms with van der Waals surface area (Å²) in [5, 5.41) is 5.82. The van der Waals surface area contributed by atoms with Crippen LogP contribution in [0.25, 0.3) is 11.1 Å². The lowest BCUT2D eigenvalue weighted by atomic mass is 9.97. The van der Waals surface area contributed by atoms with Crippen molar-refractivity contribution in [2.45, 2.75) is 58.4 Å². The summed E-state index contributed by atoms with van der Waals surface area (Å²) in [6.45, 7) is 11.1. The fourth-order valence-electron chi connectivity index (χ4n) is 3.30. The molecule has 1 aromatic carbocycles. The first-order chi connectivity index (χ1) is 12.3. The number of likely N-dealkylation sites (tertiary alicyclic amines) is 1. The molecule has 6 nitrogen and oxygen atoms in total. The number of fused-ring (bicyclic) bond motifs is 1. The van der Waals surface area contributed by atoms with Gasteiger partial charge < -0.3 is 15.1 Å². The number of aromatic nitrogens is 1. The highest BCUT2D eigenvalue weighted by atomic mass is 16.3. The normalized spacial score (nSPS) is 18.8. The van der Waals surface area contributed by atoms with Crippen LogP contribution in [0.3, 0.4) is 0 Å². The van der Waals surface area contributed by atoms with E-state index in [9.17, 15) is 4.79 Å². The SMILES string of the molecule is CC1CCCCN1CCNC(=O)Nc1ccc2oc(C(C)(C)C)nc2c1. The van der Waals surface area contributed by atoms with Gasteiger partial charge in [-0.3, -0.25) is 4.90 Å². The Balaban J connectivity index is 1.53. The monoisotopic (exact) mass is 358 g/mol. The van der Waals surface area contributed by atoms with E-state index in [-0.39, 0.29) is 11.4 Å². The third kappa shape index (κ3) is 4.55. The van der Waals surface area contributed by atoms with Crippen LogP contribution in [-0.2, 0) is 5.41 Å². The number of hydrogen-bond donors (Lipinski definition) is 2. The molecule has 1 aromatic heterocycles. The maximum absolute atomic E-state index is 12.2. The van der Waals surface area contributed by atoms with Gasteiger partial charge in [-0.25, -0.2) is 9.78 Å². The van der Waals surface area contributed by atoms with E-state index in [1.54, 1.807) is 0 Å². The first kappa shape index (κ1) is 18.7. The van der Waals surface area contributed by atoms with Gasteiger partial charge in [0.1, 0.15) is 5.52 Å². The van der Waals surface area contributed by atoms with Crippen LogP contribution in [0.1, 0.15) is 52.8 Å². The lowest BCUT2D eigenvalue weighted by Crippen LogP contribution is -2.43. The van der Waals surface area contributed by atoms with Gasteiger partial charge in [0.25, 0.3) is 0 Å². The highest BCUT2D eigenvalue weighted by Crippen LogP contribution is 2.27. The van der Waals surface area contributed by atoms with Gasteiger partial charge in [-0.2, -0.15) is 0 Å². The third-order valence-corrected chi connectivity index (χ3v) is 4.91. The minimum absolute atomic E-state index is 0.143. The van der Waals surface area contributed by atoms with Gasteiger partial charge in [0.15, 0.2) is 5.58 Å². The molecule has 0 spiro atoms. The van der Waals surface area contributed by atoms with E-state index < -0.39 is 0 Å². The summed E-state index contributed by atoms with van der Waals surface area (Å²) < 4.78 is 5.79. The first-order valence-electron chi connectivity index (χ1n) is 9.53. The van der Waals surface area contributed by atoms with Gasteiger partial charge in [0.05, 0.1) is 0 Å². The van der Waals surface area contributed by atoms with Gasteiger partial charge in [-0.1, -0.05) is 27.2 Å². The number of carbonyl (C=O) groups excluding carboxylic acids is 1. The number of carbonyl (C=O) groups is 1. The molecule has 2 amide bonds. The van der Waals surface area contributed by atoms with Gasteiger partial charge in [-0.15, -0.1) is 0 Å². The Morgan fingerprint density at radius 1 is 1.35 bits per heavy atom. The van der Waals surface area contributed by atoms with Crippen LogP contribution in [0, 0.1) is 0 Å². The largest absolute Gasteiger partial charge is 0.440 e. The molecule has 3 rings (SSSR count). The molecule has 1 atom stereocenters. The van der Waals surface area contributed by atoms with Crippen molar-refractivity contribution in [2.24, 2.45) is 0 Å². The maximum atomic E-state index is 12.2. The number of piperidine rings is 1. The molecule has 0 saturated carbocycles. The smallest absolute Gasteiger partial charge is 0.319 e. The van der Waals surface area contributed by atoms with Crippen molar-refractivity contribution in [3.8, 4) is 0 Å². The first-order valence-corrected chi connectivity index (χ1v) is 9.53. The fourth-order valence-corrected chi connectivity index (χ4v) is 3.30. The maximum Gasteiger partial charge on any atom is 0.319 e. The molecule has 0 bridgehead atoms. The van der Waals surface area contributed by atoms with Crippen molar-refractivity contribution >= 4 is 22.8 Å². The number of benzene rings is 1. The number of hydrogen-bond acceptors (Lipinski definition) is 4. The predicted molar refractivity (Wildman–Crippen MR) is 105 cm³/mol. The summed E-state index contributed by atoms with van der Waals surface area (Å²) in [7, 11) is 0. The summed E-state index contributed by atoms with van der Waals surface area (Å²) in [4.78, 5) is 19.1. The Morgan fingerprint density at radius 3 is 2.88 bits per heavy atom. The molecule has 0 aliphatic carbocycles. The molecule has 1 aliphatic rings. The molecule has 1 saturated heterocycles. The number of urea groups is 1. The number of nitrogens with zero attached hydrogens (tertiary/aromatic N) is 2. The van der Waals surface area contributed by atoms with E-state index in [1.807, 2.05) is 18.2 Å². The quantitative estimate of drug-likeness (QED) is 0.862. The lowest BCUT2D eigenvalue weighted by molar-refractivity contribution is 0.162. The number of oxazole rings is 1. The minimum atomic E-state index is -0.187. The Kier molecular flexibility index (Phi) is 5.51. The van der Waals surface area contributed by atoms with Crippen molar-refractivity contribution in [3.05, 3.63) is 24.1 Å². The zero-order valence-corrected chi connectivity index (χ0v) is 16.3. The molecule has 26 heavy (non-hydrogen) atoms. The average molecular weight is 358 g/mol. The van der Waals surface area contributed by atoms with E-state index in [2.05, 4.69) is 48.2 Å². The van der Waals surface area contributed by atoms with Crippen LogP contribution in [0.15, 0.2) is 22.6 Å². The predicted octanol–water partition coefficient (Wildman–Crippen LogP) is 4.12. The summed E-state index contributed by atoms with van der Waals surface area (Å²) in [5.74, 6) is 0.699. The highest BCUT2D eigenvalue weighted by Gasteiger charge is 2.21. The fraction of sp³-hybridized carbons (Fsp3) is 0.600. The van der Waals surface area contributed by atoms with Crippen LogP contribution in [-0.4, -0.2) is 41.6 Å². The minimum Gasteiger partial charge on any atom is -0.440 e. The second-order valence-electron chi connectivity index (χ2n) is 8.21. The van der Waals surface area contributed by atoms with Crippen LogP contribution in [0.4, 0.5) is 10.5 Å². The second kappa shape index (κ2) is 7.66. The standard InChI is InChI=1S/C20H30N4O2/c1-14-7-5-6-11-24(14)12-10-21-19(25)22-15-8-9-17-16(13-15)23-18(26-17)20(2,3)4/h8-9,13-14H,5-7,10-12H2,1-4H3,(H2,21,22,25). The Bertz CT molecular complexity index is 763. The number of rotatable bonds is 4. The summed E-state index contributed by atoms with van der Waals surface area (Å²) >= 11 is 0. The van der Waals surface area contributed by atoms with E-state index in [0.717, 1.165) is 29.9 Å². The lowest BCUT2D eigenvalue weighted by Gasteiger charge is -2.33. The number of anilines is 1. The Hall–Kier alpha value is -2.08. The topological polar surface area (TPSA) is 70.4 Å². The van der Waals surface area contributed by atoms with Crippen molar-refractivity contribution in [1.82, 2.24) is 15.2 Å². The summed E-state index contributed by atoms with van der Waals surface area (Å²) in [5.41, 5.74) is 2.07. The van der Waals surface area contributed by atoms with Gasteiger partial charge in [0, 0.05) is 30.2 Å². The van der Waals surface area contributed by atoms with Crippen LogP contribution in [0.2, 0.25) is 0 Å². The third-order valence-electron chi connectivity index (χ3n) is 4.91. The van der Waals surface area contributed by atoms with E-state index in [4.69, 9.17) is 4.42 Å². The molecular formula is C20H30N4O2. The molecule has 2 N–H and O–H groups in total. The average Bonchev–Trinajstić information content (AvgIpc) is 3.00. The Labute approximate surface area is 155 Å². The van der Waals surface area contributed by atoms with E-state index in [0.29, 0.717) is 18.5 Å². The van der Waals surface area contributed by atoms with Gasteiger partial charge in [-0.05, 0) is 44.5 Å². The molecule has 6 heteroatoms. The number of nitrogens with one attached hydrogen (secondary N) is 2. The molecule has 2 aromatic rings. The van der Waals surface area contributed by atoms with Gasteiger partial charge in [0.2, 0.25) is 5.89 Å². The molecule has 142 valence electrons. The second-order valence-corrected chi connectivity index (χ2v) is 8.21. The molecule has 0 radical (unpaired) electrons. The summed E-state index contributed by atoms with van der Waals surface area (Å²) in [6.07, 6.45) is 3.82. The molecule has 1 unspecified atom stereocenters. The Morgan fingerprint density at radius 2 is 2.15 bits per heavy atom. The van der Waals surface area contributed by atoms with Crippen molar-refractivity contribution < 1.29 is 9.21 Å². The highest BCUT2D eigenvalue weighted by molar-refractivity contribution is 5.91. The van der Waals surface area contributed by atoms with E-state index in [1.165, 1.54) is 19.3 Å². The zero-order valence-electron chi connectivity index (χ0n) is 16.3. The van der Waals surface area contributed by atoms with Crippen molar-refractivity contribution in [1.29, 1.82) is 0 Å². The van der Waals surface area contributed by atoms with E-state index >= 15 is 0 Å². The van der Waals surface area contributed by atoms with Crippen LogP contribution < -0.4 is 10.6 Å². The molecule has 1 fully saturated rings. The zero-order chi connectivity index (χ0) is 18.7. The van der Waals surface area contributed by atoms with Crippen LogP contribution in [0.5, 0.6) is 0 Å². The molecular weight excluding hydrogens is 328 g/mol. The van der Waals surface area contributed by atoms with Crippen molar-refractivity contribution in [3.63, 3.8) is 0 Å². The molecule has 1 aliphatic heterocycles. The van der Waals surface area contributed by atoms with Crippen molar-refractivity contribution in [2.75, 3.05) is 25.0 Å².